The van der Waals surface area contributed by atoms with Crippen molar-refractivity contribution in [1.82, 2.24) is 5.32 Å². The zero-order chi connectivity index (χ0) is 18.2. The van der Waals surface area contributed by atoms with Gasteiger partial charge in [-0.25, -0.2) is 4.79 Å². The highest BCUT2D eigenvalue weighted by atomic mass is 16.5. The minimum Gasteiger partial charge on any atom is -0.462 e. The predicted octanol–water partition coefficient (Wildman–Crippen LogP) is 1.59. The third kappa shape index (κ3) is 5.56. The van der Waals surface area contributed by atoms with E-state index in [0.29, 0.717) is 37.4 Å². The van der Waals surface area contributed by atoms with E-state index < -0.39 is 5.97 Å². The van der Waals surface area contributed by atoms with Crippen LogP contribution in [0.25, 0.3) is 0 Å². The van der Waals surface area contributed by atoms with Gasteiger partial charge >= 0.3 is 5.97 Å². The Morgan fingerprint density at radius 2 is 1.80 bits per heavy atom. The van der Waals surface area contributed by atoms with E-state index in [-0.39, 0.29) is 23.7 Å². The van der Waals surface area contributed by atoms with Gasteiger partial charge in [0.25, 0.3) is 0 Å². The van der Waals surface area contributed by atoms with Crippen molar-refractivity contribution in [2.75, 3.05) is 32.2 Å². The molecule has 0 aromatic heterocycles. The van der Waals surface area contributed by atoms with Crippen molar-refractivity contribution >= 4 is 23.5 Å². The van der Waals surface area contributed by atoms with Crippen molar-refractivity contribution in [3.05, 3.63) is 29.8 Å². The lowest BCUT2D eigenvalue weighted by Crippen LogP contribution is -2.28. The Bertz CT molecular complexity index is 614. The Balaban J connectivity index is 1.77. The number of rotatable bonds is 9. The second kappa shape index (κ2) is 9.17. The summed E-state index contributed by atoms with van der Waals surface area (Å²) in [6.45, 7) is 3.20. The van der Waals surface area contributed by atoms with E-state index >= 15 is 0 Å². The van der Waals surface area contributed by atoms with Gasteiger partial charge in [0.1, 0.15) is 0 Å². The number of carbonyl (C=O) groups excluding carboxylic acids is 3. The van der Waals surface area contributed by atoms with Gasteiger partial charge in [-0.05, 0) is 44.0 Å². The van der Waals surface area contributed by atoms with Gasteiger partial charge in [-0.1, -0.05) is 0 Å². The lowest BCUT2D eigenvalue weighted by atomic mass is 10.2. The molecule has 7 nitrogen and oxygen atoms in total. The number of methoxy groups -OCH3 is 1. The first-order valence-corrected chi connectivity index (χ1v) is 8.41. The molecule has 2 N–H and O–H groups in total. The molecule has 0 bridgehead atoms. The number of amides is 2. The van der Waals surface area contributed by atoms with Crippen LogP contribution in [0.1, 0.15) is 30.1 Å². The zero-order valence-corrected chi connectivity index (χ0v) is 14.5. The second-order valence-corrected chi connectivity index (χ2v) is 5.87. The summed E-state index contributed by atoms with van der Waals surface area (Å²) in [6.07, 6.45) is 1.31. The number of carbonyl (C=O) groups is 3. The van der Waals surface area contributed by atoms with E-state index in [1.54, 1.807) is 38.3 Å². The van der Waals surface area contributed by atoms with Gasteiger partial charge in [-0.15, -0.1) is 0 Å². The summed E-state index contributed by atoms with van der Waals surface area (Å²) in [7, 11) is 1.61. The van der Waals surface area contributed by atoms with Gasteiger partial charge in [-0.3, -0.25) is 9.59 Å². The van der Waals surface area contributed by atoms with Gasteiger partial charge in [0, 0.05) is 25.9 Å². The maximum absolute atomic E-state index is 12.2. The maximum Gasteiger partial charge on any atom is 0.338 e. The minimum absolute atomic E-state index is 0.0890. The molecule has 25 heavy (non-hydrogen) atoms. The van der Waals surface area contributed by atoms with Crippen LogP contribution in [0.2, 0.25) is 0 Å². The molecule has 2 rings (SSSR count). The quantitative estimate of drug-likeness (QED) is 0.522. The van der Waals surface area contributed by atoms with Crippen LogP contribution < -0.4 is 10.6 Å². The topological polar surface area (TPSA) is 93.7 Å². The lowest BCUT2D eigenvalue weighted by molar-refractivity contribution is -0.125. The first-order valence-electron chi connectivity index (χ1n) is 8.41. The highest BCUT2D eigenvalue weighted by Gasteiger charge is 2.47. The SMILES string of the molecule is CCOC(=O)c1ccc(NC(=O)C2CC2C(=O)NCCCOC)cc1. The fraction of sp³-hybridized carbons (Fsp3) is 0.500. The van der Waals surface area contributed by atoms with E-state index in [0.717, 1.165) is 6.42 Å². The Morgan fingerprint density at radius 3 is 2.44 bits per heavy atom. The molecule has 0 spiro atoms. The van der Waals surface area contributed by atoms with Gasteiger partial charge in [-0.2, -0.15) is 0 Å². The number of nitrogens with one attached hydrogen (secondary N) is 2. The molecule has 1 fully saturated rings. The van der Waals surface area contributed by atoms with Crippen molar-refractivity contribution < 1.29 is 23.9 Å². The number of hydrogen-bond acceptors (Lipinski definition) is 5. The molecule has 1 aliphatic carbocycles. The fourth-order valence-corrected chi connectivity index (χ4v) is 2.47. The maximum atomic E-state index is 12.2. The first-order chi connectivity index (χ1) is 12.1. The van der Waals surface area contributed by atoms with Crippen LogP contribution in [0.4, 0.5) is 5.69 Å². The molecule has 1 aliphatic rings. The average Bonchev–Trinajstić information content (AvgIpc) is 3.40. The van der Waals surface area contributed by atoms with E-state index in [4.69, 9.17) is 9.47 Å². The van der Waals surface area contributed by atoms with Crippen LogP contribution in [-0.4, -0.2) is 44.7 Å². The normalized spacial score (nSPS) is 18.3. The molecular formula is C18H24N2O5. The molecule has 2 atom stereocenters. The van der Waals surface area contributed by atoms with Gasteiger partial charge in [0.2, 0.25) is 11.8 Å². The Labute approximate surface area is 147 Å². The van der Waals surface area contributed by atoms with Crippen molar-refractivity contribution in [2.24, 2.45) is 11.8 Å². The summed E-state index contributed by atoms with van der Waals surface area (Å²) >= 11 is 0. The smallest absolute Gasteiger partial charge is 0.338 e. The predicted molar refractivity (Wildman–Crippen MR) is 92.1 cm³/mol. The molecule has 136 valence electrons. The molecule has 1 aromatic rings. The van der Waals surface area contributed by atoms with E-state index in [1.165, 1.54) is 0 Å². The van der Waals surface area contributed by atoms with Crippen molar-refractivity contribution in [1.29, 1.82) is 0 Å². The highest BCUT2D eigenvalue weighted by molar-refractivity contribution is 5.99. The Kier molecular flexibility index (Phi) is 6.94. The van der Waals surface area contributed by atoms with Crippen LogP contribution >= 0.6 is 0 Å². The summed E-state index contributed by atoms with van der Waals surface area (Å²) < 4.78 is 9.82. The number of benzene rings is 1. The number of esters is 1. The summed E-state index contributed by atoms with van der Waals surface area (Å²) in [4.78, 5) is 35.7. The molecular weight excluding hydrogens is 324 g/mol. The summed E-state index contributed by atoms with van der Waals surface area (Å²) in [5, 5.41) is 5.58. The number of anilines is 1. The van der Waals surface area contributed by atoms with Crippen molar-refractivity contribution in [2.45, 2.75) is 19.8 Å². The van der Waals surface area contributed by atoms with E-state index in [1.807, 2.05) is 0 Å². The Hall–Kier alpha value is -2.41. The van der Waals surface area contributed by atoms with Gasteiger partial charge in [0.15, 0.2) is 0 Å². The molecule has 0 aliphatic heterocycles. The summed E-state index contributed by atoms with van der Waals surface area (Å²) in [5.74, 6) is -1.23. The second-order valence-electron chi connectivity index (χ2n) is 5.87. The van der Waals surface area contributed by atoms with Crippen LogP contribution in [0.15, 0.2) is 24.3 Å². The molecule has 2 unspecified atom stereocenters. The summed E-state index contributed by atoms with van der Waals surface area (Å²) in [5.41, 5.74) is 1.02. The van der Waals surface area contributed by atoms with E-state index in [9.17, 15) is 14.4 Å². The average molecular weight is 348 g/mol. The first kappa shape index (κ1) is 18.9. The van der Waals surface area contributed by atoms with Crippen LogP contribution in [0, 0.1) is 11.8 Å². The molecule has 7 heteroatoms. The van der Waals surface area contributed by atoms with Gasteiger partial charge in [0.05, 0.1) is 24.0 Å². The standard InChI is InChI=1S/C18H24N2O5/c1-3-25-18(23)12-5-7-13(8-6-12)20-17(22)15-11-14(15)16(21)19-9-4-10-24-2/h5-8,14-15H,3-4,9-11H2,1-2H3,(H,19,21)(H,20,22). The fourth-order valence-electron chi connectivity index (χ4n) is 2.47. The van der Waals surface area contributed by atoms with Crippen molar-refractivity contribution in [3.8, 4) is 0 Å². The van der Waals surface area contributed by atoms with Crippen molar-refractivity contribution in [3.63, 3.8) is 0 Å². The molecule has 1 saturated carbocycles. The molecule has 0 radical (unpaired) electrons. The third-order valence-corrected chi connectivity index (χ3v) is 3.95. The molecule has 0 heterocycles. The minimum atomic E-state index is -0.396. The molecule has 0 saturated heterocycles. The number of hydrogen-bond donors (Lipinski definition) is 2. The highest BCUT2D eigenvalue weighted by Crippen LogP contribution is 2.39. The molecule has 1 aromatic carbocycles. The number of ether oxygens (including phenoxy) is 2. The summed E-state index contributed by atoms with van der Waals surface area (Å²) in [6, 6.07) is 6.49. The third-order valence-electron chi connectivity index (χ3n) is 3.95. The zero-order valence-electron chi connectivity index (χ0n) is 14.5. The van der Waals surface area contributed by atoms with Gasteiger partial charge < -0.3 is 20.1 Å². The van der Waals surface area contributed by atoms with E-state index in [2.05, 4.69) is 10.6 Å². The molecule has 2 amide bonds. The lowest BCUT2D eigenvalue weighted by Gasteiger charge is -2.07. The monoisotopic (exact) mass is 348 g/mol. The van der Waals surface area contributed by atoms with Crippen LogP contribution in [0.5, 0.6) is 0 Å². The van der Waals surface area contributed by atoms with Crippen LogP contribution in [0.3, 0.4) is 0 Å². The largest absolute Gasteiger partial charge is 0.462 e. The van der Waals surface area contributed by atoms with Crippen LogP contribution in [-0.2, 0) is 19.1 Å². The Morgan fingerprint density at radius 1 is 1.12 bits per heavy atom.